The summed E-state index contributed by atoms with van der Waals surface area (Å²) in [5.74, 6) is 0.585. The zero-order chi connectivity index (χ0) is 19.3. The van der Waals surface area contributed by atoms with E-state index in [0.717, 1.165) is 52.1 Å². The van der Waals surface area contributed by atoms with Crippen LogP contribution in [0.15, 0.2) is 58.8 Å². The van der Waals surface area contributed by atoms with Gasteiger partial charge in [0.05, 0.1) is 27.8 Å². The van der Waals surface area contributed by atoms with E-state index in [9.17, 15) is 0 Å². The summed E-state index contributed by atoms with van der Waals surface area (Å²) in [7, 11) is 1.96. The summed E-state index contributed by atoms with van der Waals surface area (Å²) in [5.41, 5.74) is 6.90. The van der Waals surface area contributed by atoms with Gasteiger partial charge in [0.15, 0.2) is 11.3 Å². The zero-order valence-corrected chi connectivity index (χ0v) is 16.2. The average Bonchev–Trinajstić information content (AvgIpc) is 3.35. The number of aryl methyl sites for hydroxylation is 3. The number of benzene rings is 2. The Morgan fingerprint density at radius 2 is 1.61 bits per heavy atom. The number of hydrogen-bond donors (Lipinski definition) is 0. The van der Waals surface area contributed by atoms with Crippen molar-refractivity contribution in [1.82, 2.24) is 23.7 Å². The minimum absolute atomic E-state index is 0.585. The third-order valence-electron chi connectivity index (χ3n) is 5.22. The first-order valence-corrected chi connectivity index (χ1v) is 9.55. The number of para-hydroxylation sites is 4. The molecule has 0 fully saturated rings. The minimum Gasteiger partial charge on any atom is -0.323 e. The lowest BCUT2D eigenvalue weighted by Gasteiger charge is -2.02. The first-order chi connectivity index (χ1) is 13.7. The molecule has 0 spiro atoms. The Balaban J connectivity index is 1.73. The molecule has 0 atom stereocenters. The highest BCUT2D eigenvalue weighted by Gasteiger charge is 2.19. The maximum Gasteiger partial charge on any atom is 0.250 e. The van der Waals surface area contributed by atoms with Crippen LogP contribution in [0.25, 0.3) is 27.7 Å². The molecule has 0 N–H and O–H groups in total. The van der Waals surface area contributed by atoms with E-state index < -0.39 is 0 Å². The largest absolute Gasteiger partial charge is 0.323 e. The maximum atomic E-state index is 4.82. The van der Waals surface area contributed by atoms with Gasteiger partial charge in [-0.1, -0.05) is 31.2 Å². The predicted octanol–water partition coefficient (Wildman–Crippen LogP) is 5.17. The van der Waals surface area contributed by atoms with Gasteiger partial charge in [0.2, 0.25) is 5.95 Å². The van der Waals surface area contributed by atoms with Gasteiger partial charge in [0.25, 0.3) is 0 Å². The van der Waals surface area contributed by atoms with Gasteiger partial charge in [-0.05, 0) is 37.6 Å². The van der Waals surface area contributed by atoms with Crippen molar-refractivity contribution in [3.05, 3.63) is 54.2 Å². The predicted molar refractivity (Wildman–Crippen MR) is 111 cm³/mol. The standard InChI is InChI=1S/C21H21N7/c1-4-14-19(23-24-21-22-15-10-6-7-11-16(15)26(21)3)20-27(5-2)17-12-8-9-13-18(17)28(20)25-14/h6-13H,4-5H2,1-3H3. The van der Waals surface area contributed by atoms with Gasteiger partial charge < -0.3 is 9.13 Å². The van der Waals surface area contributed by atoms with E-state index in [2.05, 4.69) is 51.8 Å². The number of hydrogen-bond acceptors (Lipinski definition) is 4. The summed E-state index contributed by atoms with van der Waals surface area (Å²) in [6.07, 6.45) is 0.788. The lowest BCUT2D eigenvalue weighted by Crippen LogP contribution is -1.93. The van der Waals surface area contributed by atoms with E-state index in [1.807, 2.05) is 46.5 Å². The van der Waals surface area contributed by atoms with Crippen LogP contribution in [0.4, 0.5) is 11.6 Å². The summed E-state index contributed by atoms with van der Waals surface area (Å²) >= 11 is 0. The molecule has 140 valence electrons. The van der Waals surface area contributed by atoms with Crippen molar-refractivity contribution in [2.75, 3.05) is 0 Å². The van der Waals surface area contributed by atoms with Crippen LogP contribution in [0.5, 0.6) is 0 Å². The van der Waals surface area contributed by atoms with Crippen LogP contribution in [-0.4, -0.2) is 23.7 Å². The van der Waals surface area contributed by atoms with Crippen LogP contribution < -0.4 is 0 Å². The van der Waals surface area contributed by atoms with Crippen LogP contribution >= 0.6 is 0 Å². The van der Waals surface area contributed by atoms with E-state index in [4.69, 9.17) is 5.10 Å². The molecule has 3 heterocycles. The summed E-state index contributed by atoms with van der Waals surface area (Å²) < 4.78 is 6.19. The summed E-state index contributed by atoms with van der Waals surface area (Å²) in [6, 6.07) is 16.3. The molecule has 0 aliphatic heterocycles. The van der Waals surface area contributed by atoms with E-state index in [1.54, 1.807) is 0 Å². The van der Waals surface area contributed by atoms with Crippen LogP contribution in [0.1, 0.15) is 19.5 Å². The number of azo groups is 1. The molecular weight excluding hydrogens is 350 g/mol. The van der Waals surface area contributed by atoms with Gasteiger partial charge >= 0.3 is 0 Å². The second-order valence-corrected chi connectivity index (χ2v) is 6.78. The molecule has 0 unspecified atom stereocenters. The molecule has 0 radical (unpaired) electrons. The number of fused-ring (bicyclic) bond motifs is 4. The van der Waals surface area contributed by atoms with Gasteiger partial charge in [0, 0.05) is 13.6 Å². The number of aromatic nitrogens is 5. The van der Waals surface area contributed by atoms with Crippen LogP contribution in [0, 0.1) is 0 Å². The van der Waals surface area contributed by atoms with E-state index in [1.165, 1.54) is 0 Å². The van der Waals surface area contributed by atoms with Gasteiger partial charge in [-0.2, -0.15) is 5.10 Å². The van der Waals surface area contributed by atoms with Crippen molar-refractivity contribution in [2.24, 2.45) is 17.3 Å². The summed E-state index contributed by atoms with van der Waals surface area (Å²) in [6.45, 7) is 5.06. The molecule has 0 aliphatic carbocycles. The Kier molecular flexibility index (Phi) is 3.75. The fourth-order valence-corrected chi connectivity index (χ4v) is 3.82. The highest BCUT2D eigenvalue weighted by atomic mass is 15.3. The van der Waals surface area contributed by atoms with E-state index in [-0.39, 0.29) is 0 Å². The molecule has 5 aromatic rings. The molecule has 0 saturated carbocycles. The Labute approximate surface area is 161 Å². The molecule has 2 aromatic carbocycles. The molecule has 0 amide bonds. The summed E-state index contributed by atoms with van der Waals surface area (Å²) in [5, 5.41) is 14.0. The Morgan fingerprint density at radius 1 is 0.893 bits per heavy atom. The molecule has 0 bridgehead atoms. The zero-order valence-electron chi connectivity index (χ0n) is 16.2. The molecule has 5 rings (SSSR count). The smallest absolute Gasteiger partial charge is 0.250 e. The summed E-state index contributed by atoms with van der Waals surface area (Å²) in [4.78, 5) is 4.60. The van der Waals surface area contributed by atoms with Gasteiger partial charge in [-0.25, -0.2) is 9.50 Å². The fraction of sp³-hybridized carbons (Fsp3) is 0.238. The van der Waals surface area contributed by atoms with Crippen molar-refractivity contribution in [3.8, 4) is 0 Å². The Bertz CT molecular complexity index is 1350. The molecule has 28 heavy (non-hydrogen) atoms. The first kappa shape index (κ1) is 16.7. The third kappa shape index (κ3) is 2.29. The van der Waals surface area contributed by atoms with E-state index >= 15 is 0 Å². The number of rotatable bonds is 4. The Hall–Kier alpha value is -3.48. The molecule has 3 aromatic heterocycles. The monoisotopic (exact) mass is 371 g/mol. The molecule has 7 heteroatoms. The average molecular weight is 371 g/mol. The topological polar surface area (TPSA) is 64.8 Å². The van der Waals surface area contributed by atoms with E-state index in [0.29, 0.717) is 5.95 Å². The molecule has 0 saturated heterocycles. The normalized spacial score (nSPS) is 12.2. The number of nitrogens with zero attached hydrogens (tertiary/aromatic N) is 7. The van der Waals surface area contributed by atoms with Crippen molar-refractivity contribution >= 4 is 39.3 Å². The van der Waals surface area contributed by atoms with Crippen molar-refractivity contribution in [1.29, 1.82) is 0 Å². The quantitative estimate of drug-likeness (QED) is 0.409. The van der Waals surface area contributed by atoms with Crippen LogP contribution in [0.3, 0.4) is 0 Å². The highest BCUT2D eigenvalue weighted by Crippen LogP contribution is 2.33. The number of imidazole rings is 2. The van der Waals surface area contributed by atoms with Crippen molar-refractivity contribution in [3.63, 3.8) is 0 Å². The molecule has 7 nitrogen and oxygen atoms in total. The van der Waals surface area contributed by atoms with Crippen LogP contribution in [-0.2, 0) is 20.0 Å². The van der Waals surface area contributed by atoms with Crippen molar-refractivity contribution < 1.29 is 0 Å². The van der Waals surface area contributed by atoms with Gasteiger partial charge in [-0.15, -0.1) is 10.2 Å². The molecule has 0 aliphatic rings. The van der Waals surface area contributed by atoms with Crippen LogP contribution in [0.2, 0.25) is 0 Å². The lowest BCUT2D eigenvalue weighted by molar-refractivity contribution is 0.810. The SMILES string of the molecule is CCc1nn2c3ccccc3n(CC)c2c1N=Nc1nc2ccccc2n1C. The first-order valence-electron chi connectivity index (χ1n) is 9.55. The van der Waals surface area contributed by atoms with Gasteiger partial charge in [0.1, 0.15) is 0 Å². The third-order valence-corrected chi connectivity index (χ3v) is 5.22. The second kappa shape index (κ2) is 6.30. The Morgan fingerprint density at radius 3 is 2.32 bits per heavy atom. The highest BCUT2D eigenvalue weighted by molar-refractivity contribution is 5.86. The maximum absolute atomic E-state index is 4.82. The molecular formula is C21H21N7. The van der Waals surface area contributed by atoms with Crippen molar-refractivity contribution in [2.45, 2.75) is 26.8 Å². The fourth-order valence-electron chi connectivity index (χ4n) is 3.82. The lowest BCUT2D eigenvalue weighted by atomic mass is 10.3. The second-order valence-electron chi connectivity index (χ2n) is 6.78. The minimum atomic E-state index is 0.585. The van der Waals surface area contributed by atoms with Gasteiger partial charge in [-0.3, -0.25) is 0 Å².